The van der Waals surface area contributed by atoms with E-state index in [2.05, 4.69) is 5.32 Å². The molecule has 2 amide bonds. The minimum Gasteiger partial charge on any atom is -0.325 e. The summed E-state index contributed by atoms with van der Waals surface area (Å²) >= 11 is 5.87. The van der Waals surface area contributed by atoms with E-state index in [-0.39, 0.29) is 30.9 Å². The molecule has 0 atom stereocenters. The van der Waals surface area contributed by atoms with Gasteiger partial charge in [0, 0.05) is 22.4 Å². The van der Waals surface area contributed by atoms with E-state index in [0.29, 0.717) is 10.7 Å². The normalized spacial score (nSPS) is 14.6. The first kappa shape index (κ1) is 21.3. The van der Waals surface area contributed by atoms with E-state index < -0.39 is 0 Å². The smallest absolute Gasteiger partial charge is 0.241 e. The monoisotopic (exact) mass is 413 g/mol. The SMILES string of the molecule is CN(CC(=O)Nc1ccc(Cl)cc1)CC(=O)N(c1ccccc1)C1CCCCC1. The Kier molecular flexibility index (Phi) is 7.67. The molecule has 5 nitrogen and oxygen atoms in total. The van der Waals surface area contributed by atoms with Gasteiger partial charge in [-0.1, -0.05) is 49.1 Å². The summed E-state index contributed by atoms with van der Waals surface area (Å²) in [7, 11) is 1.80. The van der Waals surface area contributed by atoms with Gasteiger partial charge in [-0.3, -0.25) is 14.5 Å². The number of nitrogens with zero attached hydrogens (tertiary/aromatic N) is 2. The van der Waals surface area contributed by atoms with Crippen molar-refractivity contribution in [3.05, 3.63) is 59.6 Å². The van der Waals surface area contributed by atoms with Crippen LogP contribution in [0, 0.1) is 0 Å². The first-order valence-corrected chi connectivity index (χ1v) is 10.5. The lowest BCUT2D eigenvalue weighted by Crippen LogP contribution is -2.47. The highest BCUT2D eigenvalue weighted by molar-refractivity contribution is 6.30. The van der Waals surface area contributed by atoms with Gasteiger partial charge in [-0.2, -0.15) is 0 Å². The van der Waals surface area contributed by atoms with Crippen LogP contribution >= 0.6 is 11.6 Å². The van der Waals surface area contributed by atoms with Gasteiger partial charge in [-0.25, -0.2) is 0 Å². The Balaban J connectivity index is 1.60. The molecule has 1 aliphatic rings. The zero-order valence-corrected chi connectivity index (χ0v) is 17.6. The molecule has 0 heterocycles. The molecule has 154 valence electrons. The van der Waals surface area contributed by atoms with Crippen molar-refractivity contribution < 1.29 is 9.59 Å². The van der Waals surface area contributed by atoms with Crippen molar-refractivity contribution >= 4 is 34.8 Å². The molecule has 2 aromatic rings. The minimum atomic E-state index is -0.161. The molecule has 0 aliphatic heterocycles. The Bertz CT molecular complexity index is 805. The van der Waals surface area contributed by atoms with Crippen LogP contribution in [0.2, 0.25) is 5.02 Å². The van der Waals surface area contributed by atoms with E-state index in [1.54, 1.807) is 36.2 Å². The third kappa shape index (κ3) is 6.31. The Hall–Kier alpha value is -2.37. The Morgan fingerprint density at radius 2 is 1.62 bits per heavy atom. The minimum absolute atomic E-state index is 0.0323. The zero-order chi connectivity index (χ0) is 20.6. The Morgan fingerprint density at radius 1 is 0.966 bits per heavy atom. The molecule has 1 fully saturated rings. The van der Waals surface area contributed by atoms with Crippen LogP contribution in [-0.2, 0) is 9.59 Å². The highest BCUT2D eigenvalue weighted by Crippen LogP contribution is 2.27. The lowest BCUT2D eigenvalue weighted by atomic mass is 9.93. The van der Waals surface area contributed by atoms with Crippen molar-refractivity contribution in [2.75, 3.05) is 30.4 Å². The number of amides is 2. The number of likely N-dealkylation sites (N-methyl/N-ethyl adjacent to an activating group) is 1. The van der Waals surface area contributed by atoms with Gasteiger partial charge >= 0.3 is 0 Å². The molecule has 0 unspecified atom stereocenters. The maximum Gasteiger partial charge on any atom is 0.241 e. The third-order valence-corrected chi connectivity index (χ3v) is 5.44. The number of hydrogen-bond donors (Lipinski definition) is 1. The summed E-state index contributed by atoms with van der Waals surface area (Å²) in [6.07, 6.45) is 5.60. The largest absolute Gasteiger partial charge is 0.325 e. The van der Waals surface area contributed by atoms with E-state index in [1.165, 1.54) is 6.42 Å². The highest BCUT2D eigenvalue weighted by Gasteiger charge is 2.27. The Morgan fingerprint density at radius 3 is 2.28 bits per heavy atom. The number of hydrogen-bond acceptors (Lipinski definition) is 3. The first-order chi connectivity index (χ1) is 14.0. The average Bonchev–Trinajstić information content (AvgIpc) is 2.71. The molecule has 0 bridgehead atoms. The second-order valence-electron chi connectivity index (χ2n) is 7.62. The Labute approximate surface area is 177 Å². The predicted octanol–water partition coefficient (Wildman–Crippen LogP) is 4.58. The van der Waals surface area contributed by atoms with Gasteiger partial charge in [0.1, 0.15) is 0 Å². The second-order valence-corrected chi connectivity index (χ2v) is 8.05. The zero-order valence-electron chi connectivity index (χ0n) is 16.8. The van der Waals surface area contributed by atoms with Crippen molar-refractivity contribution in [1.29, 1.82) is 0 Å². The summed E-state index contributed by atoms with van der Waals surface area (Å²) < 4.78 is 0. The topological polar surface area (TPSA) is 52.7 Å². The third-order valence-electron chi connectivity index (χ3n) is 5.19. The maximum atomic E-state index is 13.2. The first-order valence-electron chi connectivity index (χ1n) is 10.1. The van der Waals surface area contributed by atoms with Crippen LogP contribution in [0.15, 0.2) is 54.6 Å². The molecule has 0 radical (unpaired) electrons. The fourth-order valence-corrected chi connectivity index (χ4v) is 3.95. The van der Waals surface area contributed by atoms with Gasteiger partial charge in [0.25, 0.3) is 0 Å². The van der Waals surface area contributed by atoms with Crippen LogP contribution in [0.4, 0.5) is 11.4 Å². The van der Waals surface area contributed by atoms with Crippen molar-refractivity contribution in [3.8, 4) is 0 Å². The van der Waals surface area contributed by atoms with Gasteiger partial charge in [-0.15, -0.1) is 0 Å². The van der Waals surface area contributed by atoms with Crippen molar-refractivity contribution in [2.45, 2.75) is 38.1 Å². The number of rotatable bonds is 7. The van der Waals surface area contributed by atoms with E-state index in [9.17, 15) is 9.59 Å². The van der Waals surface area contributed by atoms with E-state index >= 15 is 0 Å². The molecule has 3 rings (SSSR count). The number of anilines is 2. The molecule has 0 spiro atoms. The van der Waals surface area contributed by atoms with Crippen LogP contribution in [0.25, 0.3) is 0 Å². The molecular formula is C23H28ClN3O2. The molecule has 1 N–H and O–H groups in total. The van der Waals surface area contributed by atoms with E-state index in [1.807, 2.05) is 35.2 Å². The highest BCUT2D eigenvalue weighted by atomic mass is 35.5. The van der Waals surface area contributed by atoms with Gasteiger partial charge in [0.05, 0.1) is 13.1 Å². The second kappa shape index (κ2) is 10.4. The predicted molar refractivity (Wildman–Crippen MR) is 118 cm³/mol. The van der Waals surface area contributed by atoms with Gasteiger partial charge in [-0.05, 0) is 56.3 Å². The quantitative estimate of drug-likeness (QED) is 0.723. The number of carbonyl (C=O) groups excluding carboxylic acids is 2. The van der Waals surface area contributed by atoms with Crippen molar-refractivity contribution in [1.82, 2.24) is 4.90 Å². The lowest BCUT2D eigenvalue weighted by molar-refractivity contribution is -0.121. The maximum absolute atomic E-state index is 13.2. The molecule has 29 heavy (non-hydrogen) atoms. The van der Waals surface area contributed by atoms with Crippen LogP contribution in [0.1, 0.15) is 32.1 Å². The number of carbonyl (C=O) groups is 2. The van der Waals surface area contributed by atoms with Crippen molar-refractivity contribution in [3.63, 3.8) is 0 Å². The van der Waals surface area contributed by atoms with Crippen LogP contribution in [0.5, 0.6) is 0 Å². The number of halogens is 1. The number of nitrogens with one attached hydrogen (secondary N) is 1. The van der Waals surface area contributed by atoms with Gasteiger partial charge in [0.2, 0.25) is 11.8 Å². The molecule has 0 aromatic heterocycles. The molecule has 6 heteroatoms. The van der Waals surface area contributed by atoms with E-state index in [4.69, 9.17) is 11.6 Å². The molecular weight excluding hydrogens is 386 g/mol. The lowest BCUT2D eigenvalue weighted by Gasteiger charge is -2.35. The molecule has 1 saturated carbocycles. The number of benzene rings is 2. The van der Waals surface area contributed by atoms with Crippen LogP contribution in [0.3, 0.4) is 0 Å². The number of para-hydroxylation sites is 1. The van der Waals surface area contributed by atoms with Crippen LogP contribution in [-0.4, -0.2) is 42.9 Å². The van der Waals surface area contributed by atoms with Gasteiger partial charge < -0.3 is 10.2 Å². The molecule has 0 saturated heterocycles. The average molecular weight is 414 g/mol. The summed E-state index contributed by atoms with van der Waals surface area (Å²) in [5.74, 6) is -0.128. The summed E-state index contributed by atoms with van der Waals surface area (Å²) in [5.41, 5.74) is 1.62. The van der Waals surface area contributed by atoms with Crippen molar-refractivity contribution in [2.24, 2.45) is 0 Å². The summed E-state index contributed by atoms with van der Waals surface area (Å²) in [6, 6.07) is 17.0. The van der Waals surface area contributed by atoms with Crippen LogP contribution < -0.4 is 10.2 Å². The summed E-state index contributed by atoms with van der Waals surface area (Å²) in [5, 5.41) is 3.45. The fourth-order valence-electron chi connectivity index (χ4n) is 3.83. The summed E-state index contributed by atoms with van der Waals surface area (Å²) in [6.45, 7) is 0.334. The summed E-state index contributed by atoms with van der Waals surface area (Å²) in [4.78, 5) is 29.2. The fraction of sp³-hybridized carbons (Fsp3) is 0.391. The standard InChI is InChI=1S/C23H28ClN3O2/c1-26(16-22(28)25-19-14-12-18(24)13-15-19)17-23(29)27(20-8-4-2-5-9-20)21-10-6-3-7-11-21/h2,4-5,8-9,12-15,21H,3,6-7,10-11,16-17H2,1H3,(H,25,28). The molecule has 2 aromatic carbocycles. The van der Waals surface area contributed by atoms with E-state index in [0.717, 1.165) is 31.4 Å². The van der Waals surface area contributed by atoms with Gasteiger partial charge in [0.15, 0.2) is 0 Å². The molecule has 1 aliphatic carbocycles.